The normalized spacial score (nSPS) is 17.6. The molecule has 3 heterocycles. The van der Waals surface area contributed by atoms with E-state index in [1.54, 1.807) is 12.1 Å². The van der Waals surface area contributed by atoms with Gasteiger partial charge in [-0.05, 0) is 117 Å². The van der Waals surface area contributed by atoms with E-state index in [9.17, 15) is 19.8 Å². The molecule has 4 aromatic rings. The Balaban J connectivity index is 0.983. The van der Waals surface area contributed by atoms with Crippen molar-refractivity contribution in [1.29, 1.82) is 0 Å². The van der Waals surface area contributed by atoms with Crippen LogP contribution in [0.1, 0.15) is 113 Å². The number of carbonyl (C=O) groups is 1. The number of thiophene rings is 2. The van der Waals surface area contributed by atoms with Crippen LogP contribution in [0, 0.1) is 0 Å². The molecule has 3 aromatic heterocycles. The molecule has 0 bridgehead atoms. The van der Waals surface area contributed by atoms with Gasteiger partial charge in [0.25, 0.3) is 0 Å². The number of carboxylic acid groups (broad SMARTS) is 1. The lowest BCUT2D eigenvalue weighted by atomic mass is 9.90. The number of aromatic nitrogens is 1. The summed E-state index contributed by atoms with van der Waals surface area (Å²) in [6.07, 6.45) is 12.0. The van der Waals surface area contributed by atoms with Crippen LogP contribution in [0.3, 0.4) is 0 Å². The third kappa shape index (κ3) is 11.0. The Hall–Kier alpha value is -2.84. The van der Waals surface area contributed by atoms with Crippen molar-refractivity contribution in [2.75, 3.05) is 26.7 Å². The first-order valence-electron chi connectivity index (χ1n) is 20.2. The van der Waals surface area contributed by atoms with Crippen molar-refractivity contribution in [3.05, 3.63) is 85.0 Å². The van der Waals surface area contributed by atoms with Crippen LogP contribution in [-0.2, 0) is 19.6 Å². The van der Waals surface area contributed by atoms with E-state index in [0.717, 1.165) is 65.9 Å². The lowest BCUT2D eigenvalue weighted by molar-refractivity contribution is -0.170. The number of hydrogen-bond acceptors (Lipinski definition) is 9. The molecule has 1 aliphatic carbocycles. The number of aromatic hydroxyl groups is 1. The van der Waals surface area contributed by atoms with Crippen LogP contribution in [0.15, 0.2) is 64.1 Å². The van der Waals surface area contributed by atoms with Gasteiger partial charge in [0.15, 0.2) is 8.32 Å². The molecule has 0 aliphatic heterocycles. The van der Waals surface area contributed by atoms with Crippen LogP contribution < -0.4 is 10.9 Å². The van der Waals surface area contributed by atoms with E-state index in [4.69, 9.17) is 9.16 Å². The van der Waals surface area contributed by atoms with Crippen molar-refractivity contribution in [2.24, 2.45) is 0 Å². The molecular formula is C43H63N3O6S2Si. The zero-order chi connectivity index (χ0) is 39.6. The van der Waals surface area contributed by atoms with E-state index in [2.05, 4.69) is 56.1 Å². The highest BCUT2D eigenvalue weighted by atomic mass is 32.1. The van der Waals surface area contributed by atoms with Crippen LogP contribution in [0.5, 0.6) is 5.75 Å². The molecule has 302 valence electrons. The standard InChI is InChI=1S/C43H63N3O6S2Si/c1-42(2,3)55(5,6)52-36(33-22-24-35(47)40-34(33)23-25-39(48)45-40)30-44-26-12-10-8-7-9-11-13-27-46(4)31-18-20-32(21-19-31)51-43(41(49)50,37-16-14-28-53-37)38-17-15-29-54-38/h14-17,22-25,28-29,31-32,36,44,47H,7-13,18-21,26-27,30H2,1-6H3,(H,45,48)(H,49,50)/t31?,32?,36-/m0/s1. The second kappa shape index (κ2) is 19.5. The molecule has 0 amide bonds. The SMILES string of the molecule is CN(CCCCCCCCCNC[C@H](O[Si](C)(C)C(C)(C)C)c1ccc(O)c2[nH]c(=O)ccc12)C1CCC(OC(C(=O)O)(c2cccs2)c2cccs2)CC1. The number of nitrogens with zero attached hydrogens (tertiary/aromatic N) is 1. The molecule has 9 nitrogen and oxygen atoms in total. The van der Waals surface area contributed by atoms with E-state index < -0.39 is 19.9 Å². The highest BCUT2D eigenvalue weighted by Gasteiger charge is 2.48. The van der Waals surface area contributed by atoms with Crippen LogP contribution in [-0.4, -0.2) is 73.2 Å². The predicted octanol–water partition coefficient (Wildman–Crippen LogP) is 10.0. The molecule has 12 heteroatoms. The number of aliphatic carboxylic acids is 1. The largest absolute Gasteiger partial charge is 0.506 e. The van der Waals surface area contributed by atoms with Gasteiger partial charge >= 0.3 is 5.97 Å². The fourth-order valence-electron chi connectivity index (χ4n) is 7.51. The summed E-state index contributed by atoms with van der Waals surface area (Å²) in [6.45, 7) is 13.9. The molecule has 1 fully saturated rings. The van der Waals surface area contributed by atoms with Gasteiger partial charge in [-0.2, -0.15) is 0 Å². The number of pyridine rings is 1. The summed E-state index contributed by atoms with van der Waals surface area (Å²) in [4.78, 5) is 31.6. The van der Waals surface area contributed by atoms with Crippen LogP contribution >= 0.6 is 22.7 Å². The van der Waals surface area contributed by atoms with E-state index in [0.29, 0.717) is 18.1 Å². The number of carboxylic acids is 1. The maximum Gasteiger partial charge on any atom is 0.347 e. The van der Waals surface area contributed by atoms with Crippen LogP contribution in [0.25, 0.3) is 10.9 Å². The van der Waals surface area contributed by atoms with Gasteiger partial charge in [0.05, 0.1) is 27.5 Å². The van der Waals surface area contributed by atoms with Crippen LogP contribution in [0.4, 0.5) is 0 Å². The van der Waals surface area contributed by atoms with Gasteiger partial charge in [-0.3, -0.25) is 4.79 Å². The van der Waals surface area contributed by atoms with Gasteiger partial charge < -0.3 is 34.6 Å². The Morgan fingerprint density at radius 2 is 1.55 bits per heavy atom. The average molecular weight is 810 g/mol. The summed E-state index contributed by atoms with van der Waals surface area (Å²) in [5.74, 6) is -0.871. The third-order valence-corrected chi connectivity index (χ3v) is 18.3. The first kappa shape index (κ1) is 43.3. The van der Waals surface area contributed by atoms with Crippen molar-refractivity contribution < 1.29 is 24.2 Å². The summed E-state index contributed by atoms with van der Waals surface area (Å²) in [6, 6.07) is 15.0. The Labute approximate surface area is 336 Å². The lowest BCUT2D eigenvalue weighted by Gasteiger charge is -2.39. The van der Waals surface area contributed by atoms with Gasteiger partial charge in [-0.25, -0.2) is 4.79 Å². The first-order chi connectivity index (χ1) is 26.2. The molecule has 0 saturated heterocycles. The molecule has 1 aliphatic rings. The Kier molecular flexibility index (Phi) is 15.4. The maximum absolute atomic E-state index is 12.8. The van der Waals surface area contributed by atoms with Gasteiger partial charge in [0.2, 0.25) is 11.2 Å². The summed E-state index contributed by atoms with van der Waals surface area (Å²) in [5.41, 5.74) is -0.228. The minimum Gasteiger partial charge on any atom is -0.506 e. The zero-order valence-corrected chi connectivity index (χ0v) is 36.3. The summed E-state index contributed by atoms with van der Waals surface area (Å²) < 4.78 is 13.5. The summed E-state index contributed by atoms with van der Waals surface area (Å²) in [5, 5.41) is 29.3. The topological polar surface area (TPSA) is 124 Å². The molecule has 1 aromatic carbocycles. The van der Waals surface area contributed by atoms with Crippen LogP contribution in [0.2, 0.25) is 18.1 Å². The lowest BCUT2D eigenvalue weighted by Crippen LogP contribution is -2.44. The quantitative estimate of drug-likeness (QED) is 0.0485. The van der Waals surface area contributed by atoms with Crippen molar-refractivity contribution in [3.63, 3.8) is 0 Å². The smallest absolute Gasteiger partial charge is 0.347 e. The van der Waals surface area contributed by atoms with Crippen molar-refractivity contribution >= 4 is 47.9 Å². The minimum absolute atomic E-state index is 0.0462. The average Bonchev–Trinajstić information content (AvgIpc) is 3.89. The molecule has 1 saturated carbocycles. The number of H-pyrrole nitrogens is 1. The number of unbranched alkanes of at least 4 members (excludes halogenated alkanes) is 6. The molecule has 55 heavy (non-hydrogen) atoms. The molecule has 0 unspecified atom stereocenters. The van der Waals surface area contributed by atoms with Crippen molar-refractivity contribution in [1.82, 2.24) is 15.2 Å². The second-order valence-electron chi connectivity index (χ2n) is 16.8. The highest BCUT2D eigenvalue weighted by Crippen LogP contribution is 2.43. The zero-order valence-electron chi connectivity index (χ0n) is 33.7. The Morgan fingerprint density at radius 3 is 2.13 bits per heavy atom. The number of benzene rings is 1. The second-order valence-corrected chi connectivity index (χ2v) is 23.5. The van der Waals surface area contributed by atoms with E-state index in [1.165, 1.54) is 67.3 Å². The number of fused-ring (bicyclic) bond motifs is 1. The van der Waals surface area contributed by atoms with E-state index in [1.807, 2.05) is 41.1 Å². The number of nitrogens with one attached hydrogen (secondary N) is 2. The fourth-order valence-corrected chi connectivity index (χ4v) is 10.6. The number of hydrogen-bond donors (Lipinski definition) is 4. The number of aromatic amines is 1. The number of rotatable bonds is 21. The van der Waals surface area contributed by atoms with Gasteiger partial charge in [0.1, 0.15) is 5.75 Å². The third-order valence-electron chi connectivity index (χ3n) is 11.8. The van der Waals surface area contributed by atoms with Crippen molar-refractivity contribution in [3.8, 4) is 5.75 Å². The fraction of sp³-hybridized carbons (Fsp3) is 0.581. The minimum atomic E-state index is -2.11. The predicted molar refractivity (Wildman–Crippen MR) is 229 cm³/mol. The number of phenols is 1. The van der Waals surface area contributed by atoms with Gasteiger partial charge in [-0.1, -0.05) is 71.1 Å². The molecule has 1 atom stereocenters. The molecule has 4 N–H and O–H groups in total. The molecule has 0 radical (unpaired) electrons. The van der Waals surface area contributed by atoms with E-state index in [-0.39, 0.29) is 28.6 Å². The summed E-state index contributed by atoms with van der Waals surface area (Å²) in [7, 11) is 0.132. The first-order valence-corrected chi connectivity index (χ1v) is 24.8. The molecular weight excluding hydrogens is 747 g/mol. The summed E-state index contributed by atoms with van der Waals surface area (Å²) >= 11 is 2.89. The van der Waals surface area contributed by atoms with Crippen molar-refractivity contribution in [2.45, 2.75) is 133 Å². The van der Waals surface area contributed by atoms with Gasteiger partial charge in [-0.15, -0.1) is 22.7 Å². The Morgan fingerprint density at radius 1 is 0.927 bits per heavy atom. The van der Waals surface area contributed by atoms with Gasteiger partial charge in [0, 0.05) is 24.0 Å². The molecule has 0 spiro atoms. The number of ether oxygens (including phenoxy) is 1. The monoisotopic (exact) mass is 809 g/mol. The number of phenolic OH excluding ortho intramolecular Hbond substituents is 1. The maximum atomic E-state index is 12.8. The molecule has 5 rings (SSSR count). The Bertz CT molecular complexity index is 1800. The van der Waals surface area contributed by atoms with E-state index >= 15 is 0 Å². The highest BCUT2D eigenvalue weighted by molar-refractivity contribution is 7.12.